The zero-order chi connectivity index (χ0) is 14.7. The van der Waals surface area contributed by atoms with Crippen LogP contribution < -0.4 is 10.5 Å². The number of nitrogens with zero attached hydrogens (tertiary/aromatic N) is 3. The number of halogens is 1. The van der Waals surface area contributed by atoms with E-state index >= 15 is 0 Å². The first kappa shape index (κ1) is 14.6. The molecule has 1 aromatic carbocycles. The van der Waals surface area contributed by atoms with Crippen LogP contribution in [0.4, 0.5) is 5.82 Å². The average Bonchev–Trinajstić information content (AvgIpc) is 2.47. The molecule has 0 unspecified atom stereocenters. The van der Waals surface area contributed by atoms with Gasteiger partial charge in [0, 0.05) is 18.8 Å². The van der Waals surface area contributed by atoms with Crippen LogP contribution >= 0.6 is 11.6 Å². The number of para-hydroxylation sites is 1. The third kappa shape index (κ3) is 2.56. The summed E-state index contributed by atoms with van der Waals surface area (Å²) in [5.41, 5.74) is 1.31. The second kappa shape index (κ2) is 6.09. The van der Waals surface area contributed by atoms with Crippen LogP contribution in [0.25, 0.3) is 5.69 Å². The summed E-state index contributed by atoms with van der Waals surface area (Å²) in [7, 11) is 0. The van der Waals surface area contributed by atoms with Crippen molar-refractivity contribution in [3.63, 3.8) is 0 Å². The minimum atomic E-state index is -0.137. The highest BCUT2D eigenvalue weighted by Gasteiger charge is 2.17. The molecule has 0 amide bonds. The number of aromatic nitrogens is 2. The van der Waals surface area contributed by atoms with Crippen molar-refractivity contribution in [1.29, 1.82) is 0 Å². The van der Waals surface area contributed by atoms with Gasteiger partial charge >= 0.3 is 0 Å². The van der Waals surface area contributed by atoms with E-state index in [1.165, 1.54) is 0 Å². The molecule has 0 aliphatic rings. The van der Waals surface area contributed by atoms with Gasteiger partial charge in [0.1, 0.15) is 0 Å². The molecular formula is C15H18ClN3O. The van der Waals surface area contributed by atoms with E-state index in [1.54, 1.807) is 11.5 Å². The average molecular weight is 292 g/mol. The van der Waals surface area contributed by atoms with Crippen LogP contribution in [0, 0.1) is 6.92 Å². The fourth-order valence-corrected chi connectivity index (χ4v) is 2.35. The number of hydrogen-bond donors (Lipinski definition) is 0. The van der Waals surface area contributed by atoms with Gasteiger partial charge in [0.05, 0.1) is 5.69 Å². The van der Waals surface area contributed by atoms with E-state index in [4.69, 9.17) is 11.6 Å². The van der Waals surface area contributed by atoms with Crippen LogP contribution in [0.1, 0.15) is 19.5 Å². The SMILES string of the molecule is CCN(CC)c1nc(Cl)c(C)n(-c2ccccc2)c1=O. The second-order valence-electron chi connectivity index (χ2n) is 4.46. The van der Waals surface area contributed by atoms with Crippen LogP contribution in [-0.2, 0) is 0 Å². The maximum Gasteiger partial charge on any atom is 0.298 e. The molecule has 0 radical (unpaired) electrons. The Hall–Kier alpha value is -1.81. The molecular weight excluding hydrogens is 274 g/mol. The number of benzene rings is 1. The molecule has 2 aromatic rings. The van der Waals surface area contributed by atoms with Gasteiger partial charge in [-0.1, -0.05) is 29.8 Å². The fourth-order valence-electron chi connectivity index (χ4n) is 2.18. The molecule has 1 heterocycles. The van der Waals surface area contributed by atoms with Gasteiger partial charge in [-0.15, -0.1) is 0 Å². The quantitative estimate of drug-likeness (QED) is 0.869. The summed E-state index contributed by atoms with van der Waals surface area (Å²) < 4.78 is 1.61. The normalized spacial score (nSPS) is 10.6. The summed E-state index contributed by atoms with van der Waals surface area (Å²) in [5.74, 6) is 0.398. The molecule has 0 N–H and O–H groups in total. The van der Waals surface area contributed by atoms with Gasteiger partial charge in [0.25, 0.3) is 5.56 Å². The molecule has 2 rings (SSSR count). The molecule has 106 valence electrons. The van der Waals surface area contributed by atoms with E-state index < -0.39 is 0 Å². The lowest BCUT2D eigenvalue weighted by Crippen LogP contribution is -2.34. The van der Waals surface area contributed by atoms with Crippen molar-refractivity contribution in [1.82, 2.24) is 9.55 Å². The predicted octanol–water partition coefficient (Wildman–Crippen LogP) is 3.04. The molecule has 4 nitrogen and oxygen atoms in total. The maximum absolute atomic E-state index is 12.7. The Labute approximate surface area is 123 Å². The van der Waals surface area contributed by atoms with E-state index in [2.05, 4.69) is 4.98 Å². The Kier molecular flexibility index (Phi) is 4.45. The molecule has 0 saturated heterocycles. The van der Waals surface area contributed by atoms with Gasteiger partial charge in [-0.05, 0) is 32.9 Å². The van der Waals surface area contributed by atoms with E-state index in [0.717, 1.165) is 5.69 Å². The van der Waals surface area contributed by atoms with E-state index in [-0.39, 0.29) is 5.56 Å². The first-order valence-electron chi connectivity index (χ1n) is 6.69. The summed E-state index contributed by atoms with van der Waals surface area (Å²) in [6, 6.07) is 9.48. The summed E-state index contributed by atoms with van der Waals surface area (Å²) in [5, 5.41) is 0.357. The van der Waals surface area contributed by atoms with Crippen LogP contribution in [0.5, 0.6) is 0 Å². The van der Waals surface area contributed by atoms with Crippen molar-refractivity contribution in [3.8, 4) is 5.69 Å². The molecule has 5 heteroatoms. The molecule has 1 aromatic heterocycles. The third-order valence-corrected chi connectivity index (χ3v) is 3.67. The first-order chi connectivity index (χ1) is 9.60. The lowest BCUT2D eigenvalue weighted by atomic mass is 10.3. The van der Waals surface area contributed by atoms with Gasteiger partial charge in [0.2, 0.25) is 0 Å². The number of hydrogen-bond acceptors (Lipinski definition) is 3. The highest BCUT2D eigenvalue weighted by atomic mass is 35.5. The highest BCUT2D eigenvalue weighted by molar-refractivity contribution is 6.30. The Morgan fingerprint density at radius 3 is 2.35 bits per heavy atom. The Bertz CT molecular complexity index is 648. The van der Waals surface area contributed by atoms with Gasteiger partial charge in [0.15, 0.2) is 11.0 Å². The summed E-state index contributed by atoms with van der Waals surface area (Å²) in [6.45, 7) is 7.21. The Morgan fingerprint density at radius 2 is 1.80 bits per heavy atom. The molecule has 0 aliphatic carbocycles. The van der Waals surface area contributed by atoms with Gasteiger partial charge in [-0.3, -0.25) is 9.36 Å². The summed E-state index contributed by atoms with van der Waals surface area (Å²) in [6.07, 6.45) is 0. The van der Waals surface area contributed by atoms with E-state index in [9.17, 15) is 4.79 Å². The second-order valence-corrected chi connectivity index (χ2v) is 4.82. The lowest BCUT2D eigenvalue weighted by Gasteiger charge is -2.21. The topological polar surface area (TPSA) is 38.1 Å². The van der Waals surface area contributed by atoms with Crippen molar-refractivity contribution in [3.05, 3.63) is 51.5 Å². The van der Waals surface area contributed by atoms with Crippen molar-refractivity contribution in [2.24, 2.45) is 0 Å². The van der Waals surface area contributed by atoms with Gasteiger partial charge in [-0.25, -0.2) is 4.98 Å². The van der Waals surface area contributed by atoms with Crippen molar-refractivity contribution in [2.75, 3.05) is 18.0 Å². The van der Waals surface area contributed by atoms with Crippen LogP contribution in [-0.4, -0.2) is 22.6 Å². The largest absolute Gasteiger partial charge is 0.353 e. The third-order valence-electron chi connectivity index (χ3n) is 3.31. The summed E-state index contributed by atoms with van der Waals surface area (Å²) >= 11 is 6.20. The Balaban J connectivity index is 2.72. The van der Waals surface area contributed by atoms with Crippen LogP contribution in [0.2, 0.25) is 5.15 Å². The lowest BCUT2D eigenvalue weighted by molar-refractivity contribution is 0.804. The zero-order valence-corrected chi connectivity index (χ0v) is 12.7. The first-order valence-corrected chi connectivity index (χ1v) is 7.07. The molecule has 0 spiro atoms. The van der Waals surface area contributed by atoms with Crippen LogP contribution in [0.15, 0.2) is 35.1 Å². The van der Waals surface area contributed by atoms with Crippen molar-refractivity contribution < 1.29 is 0 Å². The smallest absolute Gasteiger partial charge is 0.298 e. The number of rotatable bonds is 4. The van der Waals surface area contributed by atoms with Gasteiger partial charge in [-0.2, -0.15) is 0 Å². The van der Waals surface area contributed by atoms with E-state index in [1.807, 2.05) is 49.1 Å². The molecule has 0 bridgehead atoms. The maximum atomic E-state index is 12.7. The van der Waals surface area contributed by atoms with Crippen molar-refractivity contribution in [2.45, 2.75) is 20.8 Å². The molecule has 0 aliphatic heterocycles. The predicted molar refractivity (Wildman–Crippen MR) is 83.1 cm³/mol. The molecule has 0 atom stereocenters. The molecule has 20 heavy (non-hydrogen) atoms. The number of anilines is 1. The highest BCUT2D eigenvalue weighted by Crippen LogP contribution is 2.18. The molecule has 0 fully saturated rings. The fraction of sp³-hybridized carbons (Fsp3) is 0.333. The Morgan fingerprint density at radius 1 is 1.20 bits per heavy atom. The standard InChI is InChI=1S/C15H18ClN3O/c1-4-18(5-2)14-15(20)19(11(3)13(16)17-14)12-9-7-6-8-10-12/h6-10H,4-5H2,1-3H3. The van der Waals surface area contributed by atoms with Gasteiger partial charge < -0.3 is 4.90 Å². The van der Waals surface area contributed by atoms with E-state index in [0.29, 0.717) is 29.8 Å². The minimum Gasteiger partial charge on any atom is -0.353 e. The van der Waals surface area contributed by atoms with Crippen LogP contribution in [0.3, 0.4) is 0 Å². The molecule has 0 saturated carbocycles. The monoisotopic (exact) mass is 291 g/mol. The van der Waals surface area contributed by atoms with Crippen molar-refractivity contribution >= 4 is 17.4 Å². The zero-order valence-electron chi connectivity index (χ0n) is 11.9. The minimum absolute atomic E-state index is 0.137. The summed E-state index contributed by atoms with van der Waals surface area (Å²) in [4.78, 5) is 18.9.